The fraction of sp³-hybridized carbons (Fsp3) is 0.455. The van der Waals surface area contributed by atoms with Crippen molar-refractivity contribution < 1.29 is 18.0 Å². The molecule has 0 aromatic carbocycles. The molecule has 1 aromatic heterocycles. The summed E-state index contributed by atoms with van der Waals surface area (Å²) in [5, 5.41) is 4.85. The number of carbonyl (C=O) groups is 1. The monoisotopic (exact) mass is 293 g/mol. The Balaban J connectivity index is 2.22. The molecule has 1 amide bonds. The molecule has 1 fully saturated rings. The van der Waals surface area contributed by atoms with Gasteiger partial charge in [0.1, 0.15) is 11.0 Å². The largest absolute Gasteiger partial charge is 0.404 e. The lowest BCUT2D eigenvalue weighted by Gasteiger charge is -2.29. The van der Waals surface area contributed by atoms with Gasteiger partial charge >= 0.3 is 6.18 Å². The van der Waals surface area contributed by atoms with E-state index in [2.05, 4.69) is 15.6 Å². The molecule has 104 valence electrons. The van der Waals surface area contributed by atoms with E-state index >= 15 is 0 Å². The lowest BCUT2D eigenvalue weighted by atomic mass is 9.85. The summed E-state index contributed by atoms with van der Waals surface area (Å²) in [6, 6.07) is 4.35. The molecular weight excluding hydrogens is 283 g/mol. The summed E-state index contributed by atoms with van der Waals surface area (Å²) < 4.78 is 39.3. The SMILES string of the molecule is O=C(Nc1cccc(Cl)n1)C1(C(F)(F)F)CCNC1. The Labute approximate surface area is 112 Å². The number of anilines is 1. The van der Waals surface area contributed by atoms with Crippen LogP contribution in [0.5, 0.6) is 0 Å². The molecule has 1 saturated heterocycles. The van der Waals surface area contributed by atoms with Gasteiger partial charge in [-0.05, 0) is 25.1 Å². The predicted octanol–water partition coefficient (Wildman–Crippen LogP) is 2.22. The number of aromatic nitrogens is 1. The topological polar surface area (TPSA) is 54.0 Å². The maximum atomic E-state index is 13.1. The molecule has 4 nitrogen and oxygen atoms in total. The van der Waals surface area contributed by atoms with Crippen molar-refractivity contribution in [2.45, 2.75) is 12.6 Å². The first-order chi connectivity index (χ1) is 8.85. The number of carbonyl (C=O) groups excluding carboxylic acids is 1. The van der Waals surface area contributed by atoms with Gasteiger partial charge in [-0.2, -0.15) is 13.2 Å². The average molecular weight is 294 g/mol. The van der Waals surface area contributed by atoms with Gasteiger partial charge in [0.2, 0.25) is 5.91 Å². The van der Waals surface area contributed by atoms with Gasteiger partial charge in [0.15, 0.2) is 5.41 Å². The van der Waals surface area contributed by atoms with Crippen LogP contribution in [0.1, 0.15) is 6.42 Å². The van der Waals surface area contributed by atoms with E-state index in [0.29, 0.717) is 0 Å². The molecule has 1 atom stereocenters. The first-order valence-corrected chi connectivity index (χ1v) is 5.94. The van der Waals surface area contributed by atoms with Crippen molar-refractivity contribution in [2.75, 3.05) is 18.4 Å². The number of amides is 1. The highest BCUT2D eigenvalue weighted by Gasteiger charge is 2.61. The van der Waals surface area contributed by atoms with Gasteiger partial charge in [0.25, 0.3) is 0 Å². The van der Waals surface area contributed by atoms with Crippen LogP contribution in [-0.4, -0.2) is 30.2 Å². The zero-order valence-corrected chi connectivity index (χ0v) is 10.5. The number of nitrogens with zero attached hydrogens (tertiary/aromatic N) is 1. The third kappa shape index (κ3) is 2.66. The quantitative estimate of drug-likeness (QED) is 0.822. The van der Waals surface area contributed by atoms with Crippen LogP contribution in [-0.2, 0) is 4.79 Å². The second-order valence-corrected chi connectivity index (χ2v) is 4.69. The minimum Gasteiger partial charge on any atom is -0.315 e. The third-order valence-corrected chi connectivity index (χ3v) is 3.30. The van der Waals surface area contributed by atoms with Gasteiger partial charge in [-0.15, -0.1) is 0 Å². The Morgan fingerprint density at radius 2 is 2.21 bits per heavy atom. The van der Waals surface area contributed by atoms with Gasteiger partial charge < -0.3 is 10.6 Å². The van der Waals surface area contributed by atoms with E-state index in [1.807, 2.05) is 0 Å². The van der Waals surface area contributed by atoms with E-state index in [0.717, 1.165) is 0 Å². The van der Waals surface area contributed by atoms with Crippen LogP contribution < -0.4 is 10.6 Å². The molecule has 0 spiro atoms. The average Bonchev–Trinajstić information content (AvgIpc) is 2.78. The summed E-state index contributed by atoms with van der Waals surface area (Å²) in [5.74, 6) is -1.10. The second-order valence-electron chi connectivity index (χ2n) is 4.31. The number of pyridine rings is 1. The van der Waals surface area contributed by atoms with E-state index in [1.54, 1.807) is 0 Å². The maximum Gasteiger partial charge on any atom is 0.404 e. The Morgan fingerprint density at radius 3 is 2.74 bits per heavy atom. The van der Waals surface area contributed by atoms with E-state index in [9.17, 15) is 18.0 Å². The maximum absolute atomic E-state index is 13.1. The van der Waals surface area contributed by atoms with Crippen molar-refractivity contribution in [1.82, 2.24) is 10.3 Å². The van der Waals surface area contributed by atoms with Crippen LogP contribution in [0.2, 0.25) is 5.15 Å². The van der Waals surface area contributed by atoms with Gasteiger partial charge in [-0.25, -0.2) is 4.98 Å². The molecule has 2 rings (SSSR count). The summed E-state index contributed by atoms with van der Waals surface area (Å²) >= 11 is 5.62. The molecule has 8 heteroatoms. The highest BCUT2D eigenvalue weighted by Crippen LogP contribution is 2.43. The molecule has 0 aliphatic carbocycles. The summed E-state index contributed by atoms with van der Waals surface area (Å²) in [7, 11) is 0. The first-order valence-electron chi connectivity index (χ1n) is 5.57. The molecule has 0 bridgehead atoms. The lowest BCUT2D eigenvalue weighted by molar-refractivity contribution is -0.213. The highest BCUT2D eigenvalue weighted by atomic mass is 35.5. The van der Waals surface area contributed by atoms with Crippen molar-refractivity contribution in [3.63, 3.8) is 0 Å². The zero-order valence-electron chi connectivity index (χ0n) is 9.72. The van der Waals surface area contributed by atoms with Gasteiger partial charge in [-0.1, -0.05) is 17.7 Å². The minimum atomic E-state index is -4.61. The summed E-state index contributed by atoms with van der Waals surface area (Å²) in [4.78, 5) is 15.7. The van der Waals surface area contributed by atoms with Crippen LogP contribution in [0.15, 0.2) is 18.2 Å². The summed E-state index contributed by atoms with van der Waals surface area (Å²) in [6.07, 6.45) is -4.90. The first kappa shape index (κ1) is 14.1. The van der Waals surface area contributed by atoms with Gasteiger partial charge in [-0.3, -0.25) is 4.79 Å². The van der Waals surface area contributed by atoms with Crippen LogP contribution in [0.25, 0.3) is 0 Å². The second kappa shape index (κ2) is 4.97. The Hall–Kier alpha value is -1.34. The molecule has 2 heterocycles. The lowest BCUT2D eigenvalue weighted by Crippen LogP contribution is -2.49. The molecule has 0 radical (unpaired) electrons. The van der Waals surface area contributed by atoms with Crippen molar-refractivity contribution in [3.05, 3.63) is 23.4 Å². The highest BCUT2D eigenvalue weighted by molar-refractivity contribution is 6.29. The molecule has 1 aliphatic heterocycles. The number of hydrogen-bond acceptors (Lipinski definition) is 3. The Morgan fingerprint density at radius 1 is 1.47 bits per heavy atom. The number of nitrogens with one attached hydrogen (secondary N) is 2. The molecule has 1 aromatic rings. The van der Waals surface area contributed by atoms with Crippen LogP contribution >= 0.6 is 11.6 Å². The molecule has 19 heavy (non-hydrogen) atoms. The number of hydrogen-bond donors (Lipinski definition) is 2. The van der Waals surface area contributed by atoms with Crippen LogP contribution in [0.4, 0.5) is 19.0 Å². The third-order valence-electron chi connectivity index (χ3n) is 3.09. The van der Waals surface area contributed by atoms with Crippen molar-refractivity contribution >= 4 is 23.3 Å². The molecular formula is C11H11ClF3N3O. The number of rotatable bonds is 2. The number of alkyl halides is 3. The number of halogens is 4. The van der Waals surface area contributed by atoms with E-state index in [1.165, 1.54) is 18.2 Å². The minimum absolute atomic E-state index is 0.00743. The normalized spacial score (nSPS) is 23.4. The molecule has 2 N–H and O–H groups in total. The summed E-state index contributed by atoms with van der Waals surface area (Å²) in [5.41, 5.74) is -2.41. The molecule has 0 saturated carbocycles. The van der Waals surface area contributed by atoms with Crippen molar-refractivity contribution in [2.24, 2.45) is 5.41 Å². The van der Waals surface area contributed by atoms with Gasteiger partial charge in [0.05, 0.1) is 0 Å². The molecule has 1 aliphatic rings. The standard InChI is InChI=1S/C11H11ClF3N3O/c12-7-2-1-3-8(17-7)18-9(19)10(11(13,14)15)4-5-16-6-10/h1-3,16H,4-6H2,(H,17,18,19). The van der Waals surface area contributed by atoms with Gasteiger partial charge in [0, 0.05) is 6.54 Å². The van der Waals surface area contributed by atoms with E-state index in [4.69, 9.17) is 11.6 Å². The fourth-order valence-corrected chi connectivity index (χ4v) is 2.13. The Bertz CT molecular complexity index is 486. The van der Waals surface area contributed by atoms with Crippen LogP contribution in [0.3, 0.4) is 0 Å². The Kier molecular flexibility index (Phi) is 3.69. The van der Waals surface area contributed by atoms with E-state index in [-0.39, 0.29) is 23.9 Å². The smallest absolute Gasteiger partial charge is 0.315 e. The summed E-state index contributed by atoms with van der Waals surface area (Å²) in [6.45, 7) is -0.279. The van der Waals surface area contributed by atoms with Crippen molar-refractivity contribution in [1.29, 1.82) is 0 Å². The molecule has 1 unspecified atom stereocenters. The zero-order chi connectivity index (χ0) is 14.1. The van der Waals surface area contributed by atoms with E-state index < -0.39 is 24.0 Å². The predicted molar refractivity (Wildman–Crippen MR) is 63.9 cm³/mol. The van der Waals surface area contributed by atoms with Crippen molar-refractivity contribution in [3.8, 4) is 0 Å². The van der Waals surface area contributed by atoms with Crippen LogP contribution in [0, 0.1) is 5.41 Å². The fourth-order valence-electron chi connectivity index (χ4n) is 1.97.